The number of Topliss-reactive ketones (excluding diaryl/α,β-unsaturated/α-hetero) is 1. The van der Waals surface area contributed by atoms with Crippen LogP contribution in [0.1, 0.15) is 30.1 Å². The van der Waals surface area contributed by atoms with Gasteiger partial charge in [0.05, 0.1) is 17.1 Å². The Labute approximate surface area is 117 Å². The lowest BCUT2D eigenvalue weighted by Crippen LogP contribution is -2.21. The predicted octanol–water partition coefficient (Wildman–Crippen LogP) is 2.37. The minimum Gasteiger partial charge on any atom is -0.367 e. The quantitative estimate of drug-likeness (QED) is 0.833. The first-order valence-corrected chi connectivity index (χ1v) is 6.95. The van der Waals surface area contributed by atoms with Gasteiger partial charge in [0, 0.05) is 10.0 Å². The van der Waals surface area contributed by atoms with E-state index >= 15 is 0 Å². The molecule has 0 spiro atoms. The molecule has 0 bridgehead atoms. The van der Waals surface area contributed by atoms with Crippen molar-refractivity contribution in [3.05, 3.63) is 32.7 Å². The van der Waals surface area contributed by atoms with Gasteiger partial charge >= 0.3 is 5.69 Å². The summed E-state index contributed by atoms with van der Waals surface area (Å²) in [7, 11) is 0. The Morgan fingerprint density at radius 2 is 2.00 bits per heavy atom. The summed E-state index contributed by atoms with van der Waals surface area (Å²) in [4.78, 5) is 29.0. The van der Waals surface area contributed by atoms with Crippen LogP contribution in [0.3, 0.4) is 0 Å². The molecule has 5 nitrogen and oxygen atoms in total. The molecule has 1 aromatic carbocycles. The number of ether oxygens (including phenoxy) is 1. The summed E-state index contributed by atoms with van der Waals surface area (Å²) in [6.45, 7) is 1.97. The Morgan fingerprint density at radius 3 is 2.63 bits per heavy atom. The largest absolute Gasteiger partial charge is 0.367 e. The maximum Gasteiger partial charge on any atom is 0.323 e. The number of benzene rings is 1. The van der Waals surface area contributed by atoms with E-state index in [9.17, 15) is 9.59 Å². The monoisotopic (exact) mass is 324 g/mol. The fraction of sp³-hybridized carbons (Fsp3) is 0.385. The molecule has 2 atom stereocenters. The van der Waals surface area contributed by atoms with Gasteiger partial charge in [-0.2, -0.15) is 0 Å². The molecule has 1 saturated heterocycles. The van der Waals surface area contributed by atoms with Gasteiger partial charge in [-0.05, 0) is 47.8 Å². The van der Waals surface area contributed by atoms with Crippen LogP contribution >= 0.6 is 15.9 Å². The Hall–Kier alpha value is -1.40. The van der Waals surface area contributed by atoms with E-state index in [-0.39, 0.29) is 23.7 Å². The molecule has 2 N–H and O–H groups in total. The molecular weight excluding hydrogens is 312 g/mol. The number of aromatic amines is 2. The predicted molar refractivity (Wildman–Crippen MR) is 74.5 cm³/mol. The zero-order valence-electron chi connectivity index (χ0n) is 10.3. The number of carbonyl (C=O) groups is 1. The zero-order valence-corrected chi connectivity index (χ0v) is 11.9. The molecule has 2 unspecified atom stereocenters. The first-order chi connectivity index (χ1) is 9.04. The van der Waals surface area contributed by atoms with E-state index in [4.69, 9.17) is 4.74 Å². The molecule has 19 heavy (non-hydrogen) atoms. The van der Waals surface area contributed by atoms with Gasteiger partial charge < -0.3 is 14.7 Å². The average Bonchev–Trinajstić information content (AvgIpc) is 2.92. The van der Waals surface area contributed by atoms with Gasteiger partial charge in [-0.3, -0.25) is 4.79 Å². The molecule has 100 valence electrons. The lowest BCUT2D eigenvalue weighted by atomic mass is 10.0. The fourth-order valence-corrected chi connectivity index (χ4v) is 2.95. The number of imidazole rings is 1. The number of halogens is 1. The van der Waals surface area contributed by atoms with Crippen LogP contribution in [0.25, 0.3) is 11.0 Å². The normalized spacial score (nSPS) is 23.1. The van der Waals surface area contributed by atoms with Crippen molar-refractivity contribution in [2.24, 2.45) is 0 Å². The van der Waals surface area contributed by atoms with E-state index < -0.39 is 0 Å². The molecule has 0 radical (unpaired) electrons. The summed E-state index contributed by atoms with van der Waals surface area (Å²) in [5.41, 5.74) is 1.57. The Morgan fingerprint density at radius 1 is 1.32 bits per heavy atom. The number of hydrogen-bond donors (Lipinski definition) is 2. The molecule has 0 saturated carbocycles. The third-order valence-electron chi connectivity index (χ3n) is 3.39. The molecule has 2 heterocycles. The van der Waals surface area contributed by atoms with Crippen LogP contribution < -0.4 is 5.69 Å². The lowest BCUT2D eigenvalue weighted by molar-refractivity contribution is 0.0433. The van der Waals surface area contributed by atoms with Crippen LogP contribution in [0.15, 0.2) is 21.4 Å². The van der Waals surface area contributed by atoms with Crippen LogP contribution in [0.4, 0.5) is 0 Å². The van der Waals surface area contributed by atoms with Crippen LogP contribution in [-0.2, 0) is 4.74 Å². The van der Waals surface area contributed by atoms with E-state index in [1.807, 2.05) is 6.92 Å². The lowest BCUT2D eigenvalue weighted by Gasteiger charge is -2.11. The van der Waals surface area contributed by atoms with Gasteiger partial charge in [0.1, 0.15) is 6.10 Å². The zero-order chi connectivity index (χ0) is 13.6. The van der Waals surface area contributed by atoms with Crippen LogP contribution in [0.2, 0.25) is 0 Å². The molecule has 1 aromatic heterocycles. The van der Waals surface area contributed by atoms with Gasteiger partial charge in [-0.1, -0.05) is 0 Å². The highest BCUT2D eigenvalue weighted by Crippen LogP contribution is 2.28. The Balaban J connectivity index is 2.01. The topological polar surface area (TPSA) is 75.0 Å². The summed E-state index contributed by atoms with van der Waals surface area (Å²) in [6, 6.07) is 3.42. The van der Waals surface area contributed by atoms with Crippen molar-refractivity contribution in [1.29, 1.82) is 0 Å². The highest BCUT2D eigenvalue weighted by Gasteiger charge is 2.30. The summed E-state index contributed by atoms with van der Waals surface area (Å²) in [5.74, 6) is -0.0415. The van der Waals surface area contributed by atoms with Gasteiger partial charge in [-0.15, -0.1) is 0 Å². The van der Waals surface area contributed by atoms with Gasteiger partial charge in [-0.25, -0.2) is 4.79 Å². The van der Waals surface area contributed by atoms with Gasteiger partial charge in [0.2, 0.25) is 0 Å². The summed E-state index contributed by atoms with van der Waals surface area (Å²) in [5, 5.41) is 0. The second-order valence-electron chi connectivity index (χ2n) is 4.83. The molecule has 3 rings (SSSR count). The van der Waals surface area contributed by atoms with Gasteiger partial charge in [0.25, 0.3) is 0 Å². The molecule has 2 aromatic rings. The standard InChI is InChI=1S/C13H13BrN2O3/c1-6-2-3-11(19-6)12(17)7-4-9-10(5-8(7)14)16-13(18)15-9/h4-6,11H,2-3H2,1H3,(H2,15,16,18). The Bertz CT molecular complexity index is 703. The number of hydrogen-bond acceptors (Lipinski definition) is 3. The first kappa shape index (κ1) is 12.6. The number of rotatable bonds is 2. The first-order valence-electron chi connectivity index (χ1n) is 6.16. The van der Waals surface area contributed by atoms with E-state index in [1.54, 1.807) is 12.1 Å². The summed E-state index contributed by atoms with van der Waals surface area (Å²) < 4.78 is 6.27. The summed E-state index contributed by atoms with van der Waals surface area (Å²) >= 11 is 3.38. The second kappa shape index (κ2) is 4.61. The molecule has 1 fully saturated rings. The third kappa shape index (κ3) is 2.26. The van der Waals surface area contributed by atoms with Crippen molar-refractivity contribution in [2.75, 3.05) is 0 Å². The number of ketones is 1. The minimum atomic E-state index is -0.380. The van der Waals surface area contributed by atoms with Crippen molar-refractivity contribution in [3.63, 3.8) is 0 Å². The number of carbonyl (C=O) groups excluding carboxylic acids is 1. The fourth-order valence-electron chi connectivity index (χ4n) is 2.41. The SMILES string of the molecule is CC1CCC(C(=O)c2cc3[nH]c(=O)[nH]c3cc2Br)O1. The molecule has 1 aliphatic heterocycles. The third-order valence-corrected chi connectivity index (χ3v) is 4.05. The van der Waals surface area contributed by atoms with Crippen molar-refractivity contribution in [1.82, 2.24) is 9.97 Å². The molecule has 0 aliphatic carbocycles. The maximum atomic E-state index is 12.4. The number of fused-ring (bicyclic) bond motifs is 1. The van der Waals surface area contributed by atoms with E-state index in [0.717, 1.165) is 12.8 Å². The van der Waals surface area contributed by atoms with Crippen molar-refractivity contribution in [3.8, 4) is 0 Å². The minimum absolute atomic E-state index is 0.0415. The van der Waals surface area contributed by atoms with Crippen molar-refractivity contribution < 1.29 is 9.53 Å². The molecule has 1 aliphatic rings. The van der Waals surface area contributed by atoms with E-state index in [1.165, 1.54) is 0 Å². The van der Waals surface area contributed by atoms with Crippen LogP contribution in [0, 0.1) is 0 Å². The van der Waals surface area contributed by atoms with E-state index in [0.29, 0.717) is 21.1 Å². The van der Waals surface area contributed by atoms with E-state index in [2.05, 4.69) is 25.9 Å². The number of H-pyrrole nitrogens is 2. The maximum absolute atomic E-state index is 12.4. The van der Waals surface area contributed by atoms with Crippen LogP contribution in [0.5, 0.6) is 0 Å². The number of aromatic nitrogens is 2. The summed E-state index contributed by atoms with van der Waals surface area (Å²) in [6.07, 6.45) is 1.39. The van der Waals surface area contributed by atoms with Crippen molar-refractivity contribution in [2.45, 2.75) is 32.0 Å². The molecular formula is C13H13BrN2O3. The Kier molecular flexibility index (Phi) is 3.06. The van der Waals surface area contributed by atoms with Gasteiger partial charge in [0.15, 0.2) is 5.78 Å². The molecule has 0 amide bonds. The number of nitrogens with one attached hydrogen (secondary N) is 2. The highest BCUT2D eigenvalue weighted by atomic mass is 79.9. The average molecular weight is 325 g/mol. The van der Waals surface area contributed by atoms with Crippen molar-refractivity contribution >= 4 is 32.7 Å². The highest BCUT2D eigenvalue weighted by molar-refractivity contribution is 9.10. The smallest absolute Gasteiger partial charge is 0.323 e. The second-order valence-corrected chi connectivity index (χ2v) is 5.69. The molecule has 6 heteroatoms. The van der Waals surface area contributed by atoms with Crippen LogP contribution in [-0.4, -0.2) is 28.0 Å².